The molecule has 0 bridgehead atoms. The standard InChI is InChI=1S/C27H33ClFN5O6S/c1-2-40-26(37)32-10-5-18(6-11-32)33-12-7-21(33)25(36)34-15-19(14-22(34)24(35)31-27(16-30)8-9-27)41(38,39)23-4-3-17(29)13-20(23)28/h3-4,13,18-19,21-22H,2,5-12,14-15H2,1H3,(H,31,35)/t19-,21?,22+/m1/s1. The fourth-order valence-electron chi connectivity index (χ4n) is 6.00. The molecule has 3 aliphatic heterocycles. The third-order valence-corrected chi connectivity index (χ3v) is 11.2. The highest BCUT2D eigenvalue weighted by Gasteiger charge is 2.52. The van der Waals surface area contributed by atoms with E-state index >= 15 is 0 Å². The molecule has 0 radical (unpaired) electrons. The maximum Gasteiger partial charge on any atom is 0.409 e. The van der Waals surface area contributed by atoms with Gasteiger partial charge in [0.25, 0.3) is 0 Å². The molecule has 3 saturated heterocycles. The van der Waals surface area contributed by atoms with Crippen molar-refractivity contribution in [1.29, 1.82) is 5.26 Å². The first kappa shape index (κ1) is 29.5. The van der Waals surface area contributed by atoms with Gasteiger partial charge in [-0.15, -0.1) is 0 Å². The maximum atomic E-state index is 13.9. The number of nitriles is 1. The zero-order valence-corrected chi connectivity index (χ0v) is 24.3. The summed E-state index contributed by atoms with van der Waals surface area (Å²) in [5.74, 6) is -1.58. The van der Waals surface area contributed by atoms with E-state index in [-0.39, 0.29) is 40.9 Å². The zero-order valence-electron chi connectivity index (χ0n) is 22.7. The summed E-state index contributed by atoms with van der Waals surface area (Å²) in [6, 6.07) is 3.56. The normalized spacial score (nSPS) is 26.1. The lowest BCUT2D eigenvalue weighted by atomic mass is 9.93. The average molecular weight is 610 g/mol. The summed E-state index contributed by atoms with van der Waals surface area (Å²) >= 11 is 6.08. The first-order chi connectivity index (χ1) is 19.5. The van der Waals surface area contributed by atoms with Crippen LogP contribution >= 0.6 is 11.6 Å². The number of hydrogen-bond donors (Lipinski definition) is 1. The Bertz CT molecular complexity index is 1370. The lowest BCUT2D eigenvalue weighted by molar-refractivity contribution is -0.148. The number of benzene rings is 1. The number of carbonyl (C=O) groups excluding carboxylic acids is 3. The van der Waals surface area contributed by atoms with E-state index in [2.05, 4.69) is 16.3 Å². The molecule has 0 spiro atoms. The molecule has 3 amide bonds. The number of rotatable bonds is 7. The van der Waals surface area contributed by atoms with Crippen LogP contribution in [0.15, 0.2) is 23.1 Å². The van der Waals surface area contributed by atoms with Crippen molar-refractivity contribution in [2.45, 2.75) is 79.3 Å². The molecule has 5 rings (SSSR count). The number of likely N-dealkylation sites (tertiary alicyclic amines) is 3. The molecule has 1 aliphatic carbocycles. The summed E-state index contributed by atoms with van der Waals surface area (Å²) in [7, 11) is -4.12. The minimum absolute atomic E-state index is 0.0594. The number of hydrogen-bond acceptors (Lipinski definition) is 8. The van der Waals surface area contributed by atoms with Gasteiger partial charge in [-0.2, -0.15) is 5.26 Å². The number of amides is 3. The number of nitrogens with zero attached hydrogens (tertiary/aromatic N) is 4. The molecule has 3 heterocycles. The lowest BCUT2D eigenvalue weighted by Crippen LogP contribution is -2.63. The van der Waals surface area contributed by atoms with Crippen LogP contribution < -0.4 is 5.32 Å². The van der Waals surface area contributed by atoms with Gasteiger partial charge in [-0.25, -0.2) is 17.6 Å². The van der Waals surface area contributed by atoms with Crippen LogP contribution in [0.3, 0.4) is 0 Å². The van der Waals surface area contributed by atoms with Crippen molar-refractivity contribution in [2.24, 2.45) is 0 Å². The van der Waals surface area contributed by atoms with Crippen LogP contribution in [0.5, 0.6) is 0 Å². The predicted octanol–water partition coefficient (Wildman–Crippen LogP) is 2.09. The highest BCUT2D eigenvalue weighted by Crippen LogP contribution is 2.38. The maximum absolute atomic E-state index is 13.9. The second-order valence-corrected chi connectivity index (χ2v) is 13.7. The Morgan fingerprint density at radius 2 is 1.88 bits per heavy atom. The van der Waals surface area contributed by atoms with Gasteiger partial charge in [0.2, 0.25) is 11.8 Å². The minimum atomic E-state index is -4.12. The van der Waals surface area contributed by atoms with Crippen LogP contribution in [0.25, 0.3) is 0 Å². The fourth-order valence-corrected chi connectivity index (χ4v) is 8.23. The van der Waals surface area contributed by atoms with Gasteiger partial charge in [-0.3, -0.25) is 14.5 Å². The van der Waals surface area contributed by atoms with Crippen molar-refractivity contribution in [3.05, 3.63) is 29.0 Å². The summed E-state index contributed by atoms with van der Waals surface area (Å²) in [5, 5.41) is 10.8. The van der Waals surface area contributed by atoms with E-state index in [0.717, 1.165) is 18.2 Å². The minimum Gasteiger partial charge on any atom is -0.450 e. The Labute approximate surface area is 243 Å². The molecule has 14 heteroatoms. The molecular formula is C27H33ClFN5O6S. The van der Waals surface area contributed by atoms with Gasteiger partial charge < -0.3 is 19.9 Å². The molecular weight excluding hydrogens is 577 g/mol. The van der Waals surface area contributed by atoms with E-state index in [9.17, 15) is 32.5 Å². The van der Waals surface area contributed by atoms with Gasteiger partial charge in [-0.1, -0.05) is 11.6 Å². The molecule has 1 aromatic carbocycles. The van der Waals surface area contributed by atoms with Gasteiger partial charge in [0, 0.05) is 32.2 Å². The molecule has 11 nitrogen and oxygen atoms in total. The third-order valence-electron chi connectivity index (χ3n) is 8.62. The van der Waals surface area contributed by atoms with Gasteiger partial charge in [-0.05, 0) is 63.6 Å². The highest BCUT2D eigenvalue weighted by atomic mass is 35.5. The van der Waals surface area contributed by atoms with E-state index in [1.54, 1.807) is 11.8 Å². The first-order valence-electron chi connectivity index (χ1n) is 13.9. The Morgan fingerprint density at radius 1 is 1.17 bits per heavy atom. The first-order valence-corrected chi connectivity index (χ1v) is 15.8. The Kier molecular flexibility index (Phi) is 8.20. The summed E-state index contributed by atoms with van der Waals surface area (Å²) in [6.07, 6.45) is 2.35. The van der Waals surface area contributed by atoms with Crippen LogP contribution in [-0.4, -0.2) is 103 Å². The van der Waals surface area contributed by atoms with Crippen molar-refractivity contribution in [3.8, 4) is 6.07 Å². The second kappa shape index (κ2) is 11.4. The largest absolute Gasteiger partial charge is 0.450 e. The van der Waals surface area contributed by atoms with Crippen molar-refractivity contribution < 1.29 is 31.9 Å². The van der Waals surface area contributed by atoms with Gasteiger partial charge in [0.05, 0.1) is 33.9 Å². The number of halogens is 2. The number of ether oxygens (including phenoxy) is 1. The Morgan fingerprint density at radius 3 is 2.44 bits per heavy atom. The quantitative estimate of drug-likeness (QED) is 0.464. The van der Waals surface area contributed by atoms with Crippen LogP contribution in [0.1, 0.15) is 45.4 Å². The van der Waals surface area contributed by atoms with E-state index in [4.69, 9.17) is 16.3 Å². The van der Waals surface area contributed by atoms with Crippen LogP contribution in [0, 0.1) is 17.1 Å². The molecule has 1 saturated carbocycles. The lowest BCUT2D eigenvalue weighted by Gasteiger charge is -2.48. The summed E-state index contributed by atoms with van der Waals surface area (Å²) in [5.41, 5.74) is -0.988. The fraction of sp³-hybridized carbons (Fsp3) is 0.630. The van der Waals surface area contributed by atoms with Crippen LogP contribution in [0.2, 0.25) is 5.02 Å². The Balaban J connectivity index is 1.33. The van der Waals surface area contributed by atoms with Crippen molar-refractivity contribution in [2.75, 3.05) is 32.8 Å². The molecule has 222 valence electrons. The van der Waals surface area contributed by atoms with Gasteiger partial charge >= 0.3 is 6.09 Å². The number of sulfone groups is 1. The van der Waals surface area contributed by atoms with Crippen LogP contribution in [-0.2, 0) is 24.2 Å². The van der Waals surface area contributed by atoms with E-state index < -0.39 is 44.4 Å². The third kappa shape index (κ3) is 5.74. The summed E-state index contributed by atoms with van der Waals surface area (Å²) in [4.78, 5) is 44.1. The summed E-state index contributed by atoms with van der Waals surface area (Å²) in [6.45, 7) is 3.51. The Hall–Kier alpha value is -2.95. The van der Waals surface area contributed by atoms with Crippen molar-refractivity contribution in [1.82, 2.24) is 20.0 Å². The number of piperidine rings is 1. The molecule has 3 atom stereocenters. The molecule has 4 aliphatic rings. The topological polar surface area (TPSA) is 140 Å². The smallest absolute Gasteiger partial charge is 0.409 e. The SMILES string of the molecule is CCOC(=O)N1CCC(N2CCC2C(=O)N2C[C@H](S(=O)(=O)c3ccc(F)cc3Cl)C[C@H]2C(=O)NC2(C#N)CC2)CC1. The molecule has 1 N–H and O–H groups in total. The van der Waals surface area contributed by atoms with Crippen molar-refractivity contribution in [3.63, 3.8) is 0 Å². The summed E-state index contributed by atoms with van der Waals surface area (Å²) < 4.78 is 45.9. The molecule has 1 unspecified atom stereocenters. The monoisotopic (exact) mass is 609 g/mol. The van der Waals surface area contributed by atoms with E-state index in [1.165, 1.54) is 4.90 Å². The van der Waals surface area contributed by atoms with Crippen LogP contribution in [0.4, 0.5) is 9.18 Å². The van der Waals surface area contributed by atoms with Crippen molar-refractivity contribution >= 4 is 39.3 Å². The number of nitrogens with one attached hydrogen (secondary N) is 1. The molecule has 0 aromatic heterocycles. The van der Waals surface area contributed by atoms with Gasteiger partial charge in [0.15, 0.2) is 9.84 Å². The van der Waals surface area contributed by atoms with E-state index in [1.807, 2.05) is 0 Å². The molecule has 41 heavy (non-hydrogen) atoms. The molecule has 4 fully saturated rings. The van der Waals surface area contributed by atoms with Gasteiger partial charge in [0.1, 0.15) is 17.4 Å². The van der Waals surface area contributed by atoms with E-state index in [0.29, 0.717) is 58.3 Å². The average Bonchev–Trinajstić information content (AvgIpc) is 3.52. The highest BCUT2D eigenvalue weighted by molar-refractivity contribution is 7.92. The zero-order chi connectivity index (χ0) is 29.5. The molecule has 1 aromatic rings. The predicted molar refractivity (Wildman–Crippen MR) is 145 cm³/mol. The number of carbonyl (C=O) groups is 3. The second-order valence-electron chi connectivity index (χ2n) is 11.1.